The minimum atomic E-state index is -0.404. The average molecular weight is 447 g/mol. The summed E-state index contributed by atoms with van der Waals surface area (Å²) in [7, 11) is 3.15. The van der Waals surface area contributed by atoms with Gasteiger partial charge in [-0.05, 0) is 43.9 Å². The van der Waals surface area contributed by atoms with Crippen LogP contribution in [-0.4, -0.2) is 42.4 Å². The van der Waals surface area contributed by atoms with Gasteiger partial charge in [0, 0.05) is 37.1 Å². The zero-order valence-electron chi connectivity index (χ0n) is 18.5. The van der Waals surface area contributed by atoms with Crippen molar-refractivity contribution in [1.82, 2.24) is 29.3 Å². The summed E-state index contributed by atoms with van der Waals surface area (Å²) in [5.41, 5.74) is 1.05. The third kappa shape index (κ3) is 3.99. The molecular formula is C23H25N7O3. The Labute approximate surface area is 189 Å². The van der Waals surface area contributed by atoms with Crippen LogP contribution in [0.3, 0.4) is 0 Å². The van der Waals surface area contributed by atoms with Gasteiger partial charge in [-0.25, -0.2) is 4.68 Å². The van der Waals surface area contributed by atoms with Gasteiger partial charge in [-0.3, -0.25) is 14.3 Å². The van der Waals surface area contributed by atoms with E-state index >= 15 is 0 Å². The molecule has 170 valence electrons. The number of rotatable bonds is 5. The summed E-state index contributed by atoms with van der Waals surface area (Å²) in [6.07, 6.45) is 11.2. The average Bonchev–Trinajstić information content (AvgIpc) is 3.51. The highest BCUT2D eigenvalue weighted by Gasteiger charge is 2.25. The number of amides is 1. The van der Waals surface area contributed by atoms with Crippen molar-refractivity contribution < 1.29 is 9.53 Å². The summed E-state index contributed by atoms with van der Waals surface area (Å²) in [4.78, 5) is 25.3. The lowest BCUT2D eigenvalue weighted by molar-refractivity contribution is 0.102. The zero-order valence-corrected chi connectivity index (χ0v) is 18.5. The number of nitrogens with one attached hydrogen (secondary N) is 1. The summed E-state index contributed by atoms with van der Waals surface area (Å²) >= 11 is 0. The molecule has 1 amide bonds. The van der Waals surface area contributed by atoms with Crippen LogP contribution < -0.4 is 15.6 Å². The number of ether oxygens (including phenoxy) is 1. The number of nitrogens with zero attached hydrogens (tertiary/aromatic N) is 6. The number of aromatic nitrogens is 6. The van der Waals surface area contributed by atoms with Gasteiger partial charge in [-0.2, -0.15) is 5.10 Å². The fraction of sp³-hybridized carbons (Fsp3) is 0.348. The Kier molecular flexibility index (Phi) is 5.41. The van der Waals surface area contributed by atoms with E-state index < -0.39 is 5.91 Å². The molecule has 1 fully saturated rings. The molecule has 1 N–H and O–H groups in total. The number of aryl methyl sites for hydroxylation is 1. The van der Waals surface area contributed by atoms with E-state index in [0.29, 0.717) is 17.4 Å². The lowest BCUT2D eigenvalue weighted by atomic mass is 9.91. The number of carbonyl (C=O) groups is 1. The van der Waals surface area contributed by atoms with Crippen molar-refractivity contribution in [2.45, 2.75) is 37.8 Å². The van der Waals surface area contributed by atoms with Crippen LogP contribution in [0.2, 0.25) is 0 Å². The standard InChI is InChI=1S/C23H25N7O3/c1-28-10-3-4-19(23(28)32)25-22(31)18-12-15-14-30(26-20(15)13-21(18)33-2)17-7-5-16(6-8-17)29-11-9-24-27-29/h3-4,9-14,16-17H,5-8H2,1-2H3,(H,25,31)/t16-,17-. The van der Waals surface area contributed by atoms with Gasteiger partial charge in [0.2, 0.25) is 0 Å². The molecule has 1 aromatic carbocycles. The quantitative estimate of drug-likeness (QED) is 0.504. The Bertz CT molecular complexity index is 1350. The molecule has 10 heteroatoms. The first kappa shape index (κ1) is 20.9. The smallest absolute Gasteiger partial charge is 0.274 e. The molecule has 0 atom stereocenters. The number of fused-ring (bicyclic) bond motifs is 1. The van der Waals surface area contributed by atoms with Gasteiger partial charge >= 0.3 is 0 Å². The van der Waals surface area contributed by atoms with Crippen LogP contribution in [0.15, 0.2) is 53.8 Å². The van der Waals surface area contributed by atoms with Gasteiger partial charge in [0.1, 0.15) is 11.4 Å². The minimum absolute atomic E-state index is 0.215. The second-order valence-corrected chi connectivity index (χ2v) is 8.36. The molecule has 4 aromatic rings. The molecule has 1 aliphatic rings. The van der Waals surface area contributed by atoms with E-state index in [-0.39, 0.29) is 17.3 Å². The Morgan fingerprint density at radius 2 is 1.88 bits per heavy atom. The van der Waals surface area contributed by atoms with Crippen LogP contribution in [0.5, 0.6) is 5.75 Å². The monoisotopic (exact) mass is 447 g/mol. The largest absolute Gasteiger partial charge is 0.496 e. The van der Waals surface area contributed by atoms with E-state index in [1.165, 1.54) is 11.7 Å². The first-order valence-corrected chi connectivity index (χ1v) is 10.9. The van der Waals surface area contributed by atoms with Crippen molar-refractivity contribution in [3.63, 3.8) is 0 Å². The predicted molar refractivity (Wildman–Crippen MR) is 122 cm³/mol. The number of carbonyl (C=O) groups excluding carboxylic acids is 1. The van der Waals surface area contributed by atoms with Gasteiger partial charge in [0.25, 0.3) is 11.5 Å². The maximum atomic E-state index is 13.0. The first-order chi connectivity index (χ1) is 16.0. The number of hydrogen-bond acceptors (Lipinski definition) is 6. The Morgan fingerprint density at radius 3 is 2.58 bits per heavy atom. The highest BCUT2D eigenvalue weighted by atomic mass is 16.5. The van der Waals surface area contributed by atoms with Crippen LogP contribution in [0, 0.1) is 0 Å². The van der Waals surface area contributed by atoms with Crippen LogP contribution in [0.25, 0.3) is 10.9 Å². The van der Waals surface area contributed by atoms with Gasteiger partial charge in [-0.1, -0.05) is 5.21 Å². The summed E-state index contributed by atoms with van der Waals surface area (Å²) in [6, 6.07) is 7.48. The van der Waals surface area contributed by atoms with Crippen molar-refractivity contribution in [2.24, 2.45) is 7.05 Å². The number of benzene rings is 1. The molecule has 3 heterocycles. The third-order valence-electron chi connectivity index (χ3n) is 6.31. The van der Waals surface area contributed by atoms with E-state index in [1.807, 2.05) is 21.8 Å². The van der Waals surface area contributed by atoms with E-state index in [0.717, 1.165) is 36.6 Å². The Balaban J connectivity index is 1.38. The second-order valence-electron chi connectivity index (χ2n) is 8.36. The molecule has 10 nitrogen and oxygen atoms in total. The zero-order chi connectivity index (χ0) is 22.9. The van der Waals surface area contributed by atoms with Crippen molar-refractivity contribution in [1.29, 1.82) is 0 Å². The molecule has 0 spiro atoms. The summed E-state index contributed by atoms with van der Waals surface area (Å²) in [6.45, 7) is 0. The lowest BCUT2D eigenvalue weighted by Crippen LogP contribution is -2.23. The highest BCUT2D eigenvalue weighted by molar-refractivity contribution is 6.08. The molecule has 0 aliphatic heterocycles. The van der Waals surface area contributed by atoms with Crippen LogP contribution >= 0.6 is 0 Å². The Hall–Kier alpha value is -3.95. The third-order valence-corrected chi connectivity index (χ3v) is 6.31. The van der Waals surface area contributed by atoms with Crippen LogP contribution in [0.4, 0.5) is 5.69 Å². The van der Waals surface area contributed by atoms with Crippen LogP contribution in [0.1, 0.15) is 48.1 Å². The molecule has 1 aliphatic carbocycles. The van der Waals surface area contributed by atoms with Crippen molar-refractivity contribution >= 4 is 22.5 Å². The molecular weight excluding hydrogens is 422 g/mol. The Morgan fingerprint density at radius 1 is 1.12 bits per heavy atom. The molecule has 33 heavy (non-hydrogen) atoms. The van der Waals surface area contributed by atoms with E-state index in [2.05, 4.69) is 15.6 Å². The van der Waals surface area contributed by atoms with E-state index in [4.69, 9.17) is 9.84 Å². The van der Waals surface area contributed by atoms with Crippen LogP contribution in [-0.2, 0) is 7.05 Å². The SMILES string of the molecule is COc1cc2nn([C@H]3CC[C@H](n4ccnn4)CC3)cc2cc1C(=O)Nc1cccn(C)c1=O. The van der Waals surface area contributed by atoms with Crippen molar-refractivity contribution in [3.05, 3.63) is 65.0 Å². The van der Waals surface area contributed by atoms with Gasteiger partial charge in [0.15, 0.2) is 0 Å². The number of methoxy groups -OCH3 is 1. The minimum Gasteiger partial charge on any atom is -0.496 e. The molecule has 0 bridgehead atoms. The molecule has 5 rings (SSSR count). The van der Waals surface area contributed by atoms with Crippen molar-refractivity contribution in [2.75, 3.05) is 12.4 Å². The molecule has 0 unspecified atom stereocenters. The topological polar surface area (TPSA) is 109 Å². The molecule has 1 saturated carbocycles. The summed E-state index contributed by atoms with van der Waals surface area (Å²) in [5.74, 6) is 0.00559. The number of anilines is 1. The van der Waals surface area contributed by atoms with E-state index in [1.54, 1.807) is 43.7 Å². The van der Waals surface area contributed by atoms with Gasteiger partial charge in [0.05, 0.1) is 36.5 Å². The maximum absolute atomic E-state index is 13.0. The second kappa shape index (κ2) is 8.53. The predicted octanol–water partition coefficient (Wildman–Crippen LogP) is 2.94. The van der Waals surface area contributed by atoms with Gasteiger partial charge < -0.3 is 14.6 Å². The number of pyridine rings is 1. The first-order valence-electron chi connectivity index (χ1n) is 10.9. The summed E-state index contributed by atoms with van der Waals surface area (Å²) in [5, 5.41) is 16.3. The molecule has 0 radical (unpaired) electrons. The fourth-order valence-electron chi connectivity index (χ4n) is 4.49. The normalized spacial score (nSPS) is 18.4. The fourth-order valence-corrected chi connectivity index (χ4v) is 4.49. The van der Waals surface area contributed by atoms with Crippen molar-refractivity contribution in [3.8, 4) is 5.75 Å². The molecule has 0 saturated heterocycles. The van der Waals surface area contributed by atoms with Gasteiger partial charge in [-0.15, -0.1) is 5.10 Å². The highest BCUT2D eigenvalue weighted by Crippen LogP contribution is 2.35. The van der Waals surface area contributed by atoms with E-state index in [9.17, 15) is 9.59 Å². The maximum Gasteiger partial charge on any atom is 0.274 e. The number of hydrogen-bond donors (Lipinski definition) is 1. The lowest BCUT2D eigenvalue weighted by Gasteiger charge is -2.28. The summed E-state index contributed by atoms with van der Waals surface area (Å²) < 4.78 is 10.8. The molecule has 3 aromatic heterocycles.